The summed E-state index contributed by atoms with van der Waals surface area (Å²) in [5, 5.41) is 3.50. The molecule has 2 rings (SSSR count). The summed E-state index contributed by atoms with van der Waals surface area (Å²) in [7, 11) is 2.19. The van der Waals surface area contributed by atoms with Gasteiger partial charge < -0.3 is 10.1 Å². The van der Waals surface area contributed by atoms with E-state index in [1.165, 1.54) is 11.3 Å². The third-order valence-corrected chi connectivity index (χ3v) is 3.83. The minimum atomic E-state index is 0.369. The van der Waals surface area contributed by atoms with Crippen LogP contribution in [-0.2, 0) is 4.74 Å². The van der Waals surface area contributed by atoms with E-state index >= 15 is 0 Å². The van der Waals surface area contributed by atoms with Crippen molar-refractivity contribution < 1.29 is 4.74 Å². The monoisotopic (exact) mass is 248 g/mol. The van der Waals surface area contributed by atoms with Crippen molar-refractivity contribution in [1.29, 1.82) is 0 Å². The van der Waals surface area contributed by atoms with Gasteiger partial charge >= 0.3 is 0 Å². The van der Waals surface area contributed by atoms with Gasteiger partial charge in [-0.15, -0.1) is 0 Å². The average molecular weight is 248 g/mol. The summed E-state index contributed by atoms with van der Waals surface area (Å²) in [6.07, 6.45) is 1.52. The van der Waals surface area contributed by atoms with Crippen LogP contribution in [0.1, 0.15) is 18.9 Å². The van der Waals surface area contributed by atoms with Gasteiger partial charge in [0.25, 0.3) is 0 Å². The number of nitrogens with zero attached hydrogens (tertiary/aromatic N) is 1. The summed E-state index contributed by atoms with van der Waals surface area (Å²) >= 11 is 0. The topological polar surface area (TPSA) is 24.5 Å². The van der Waals surface area contributed by atoms with Gasteiger partial charge in [0, 0.05) is 31.4 Å². The number of anilines is 1. The Hall–Kier alpha value is -1.06. The molecule has 0 amide bonds. The van der Waals surface area contributed by atoms with Crippen molar-refractivity contribution in [2.24, 2.45) is 0 Å². The molecule has 0 spiro atoms. The lowest BCUT2D eigenvalue weighted by molar-refractivity contribution is 0.0850. The van der Waals surface area contributed by atoms with Gasteiger partial charge in [-0.1, -0.05) is 18.2 Å². The van der Waals surface area contributed by atoms with Gasteiger partial charge in [0.15, 0.2) is 0 Å². The van der Waals surface area contributed by atoms with E-state index in [4.69, 9.17) is 4.74 Å². The molecule has 3 heteroatoms. The summed E-state index contributed by atoms with van der Waals surface area (Å²) in [4.78, 5) is 2.41. The Balaban J connectivity index is 1.77. The standard InChI is InChI=1S/C15H24N2O/c1-12-6-4-5-7-14(12)16-9-10-17(3)15-8-11-18-13(15)2/h4-7,13,15-16H,8-11H2,1-3H3. The third kappa shape index (κ3) is 3.24. The smallest absolute Gasteiger partial charge is 0.0702 e. The number of para-hydroxylation sites is 1. The van der Waals surface area contributed by atoms with Crippen LogP contribution in [-0.4, -0.2) is 43.8 Å². The molecule has 100 valence electrons. The zero-order chi connectivity index (χ0) is 13.0. The fourth-order valence-electron chi connectivity index (χ4n) is 2.60. The Morgan fingerprint density at radius 1 is 1.39 bits per heavy atom. The number of hydrogen-bond acceptors (Lipinski definition) is 3. The number of nitrogens with one attached hydrogen (secondary N) is 1. The summed E-state index contributed by atoms with van der Waals surface area (Å²) in [5.74, 6) is 0. The third-order valence-electron chi connectivity index (χ3n) is 3.83. The Morgan fingerprint density at radius 3 is 2.83 bits per heavy atom. The first-order valence-electron chi connectivity index (χ1n) is 6.80. The van der Waals surface area contributed by atoms with Gasteiger partial charge in [0.2, 0.25) is 0 Å². The lowest BCUT2D eigenvalue weighted by atomic mass is 10.1. The Labute approximate surface area is 110 Å². The fourth-order valence-corrected chi connectivity index (χ4v) is 2.60. The SMILES string of the molecule is Cc1ccccc1NCCN(C)C1CCOC1C. The number of ether oxygens (including phenoxy) is 1. The van der Waals surface area contributed by atoms with Crippen LogP contribution in [0.3, 0.4) is 0 Å². The Morgan fingerprint density at radius 2 is 2.17 bits per heavy atom. The van der Waals surface area contributed by atoms with Crippen LogP contribution in [0, 0.1) is 6.92 Å². The van der Waals surface area contributed by atoms with Crippen LogP contribution in [0.2, 0.25) is 0 Å². The molecule has 0 saturated carbocycles. The lowest BCUT2D eigenvalue weighted by Gasteiger charge is -2.26. The molecule has 1 aromatic carbocycles. The zero-order valence-electron chi connectivity index (χ0n) is 11.6. The molecule has 1 saturated heterocycles. The second-order valence-electron chi connectivity index (χ2n) is 5.15. The second-order valence-corrected chi connectivity index (χ2v) is 5.15. The molecular formula is C15H24N2O. The molecule has 2 atom stereocenters. The second kappa shape index (κ2) is 6.21. The molecule has 18 heavy (non-hydrogen) atoms. The van der Waals surface area contributed by atoms with Crippen LogP contribution in [0.4, 0.5) is 5.69 Å². The highest BCUT2D eigenvalue weighted by atomic mass is 16.5. The average Bonchev–Trinajstić information content (AvgIpc) is 2.78. The van der Waals surface area contributed by atoms with E-state index in [-0.39, 0.29) is 0 Å². The number of aryl methyl sites for hydroxylation is 1. The van der Waals surface area contributed by atoms with Crippen LogP contribution in [0.15, 0.2) is 24.3 Å². The van der Waals surface area contributed by atoms with Gasteiger partial charge in [0.1, 0.15) is 0 Å². The molecular weight excluding hydrogens is 224 g/mol. The van der Waals surface area contributed by atoms with E-state index < -0.39 is 0 Å². The maximum atomic E-state index is 5.61. The highest BCUT2D eigenvalue weighted by Gasteiger charge is 2.27. The van der Waals surface area contributed by atoms with Crippen molar-refractivity contribution >= 4 is 5.69 Å². The van der Waals surface area contributed by atoms with Gasteiger partial charge in [-0.2, -0.15) is 0 Å². The maximum Gasteiger partial charge on any atom is 0.0702 e. The minimum Gasteiger partial charge on any atom is -0.384 e. The summed E-state index contributed by atoms with van der Waals surface area (Å²) in [5.41, 5.74) is 2.54. The number of hydrogen-bond donors (Lipinski definition) is 1. The van der Waals surface area contributed by atoms with Gasteiger partial charge in [-0.3, -0.25) is 4.90 Å². The number of benzene rings is 1. The van der Waals surface area contributed by atoms with Gasteiger partial charge in [0.05, 0.1) is 6.10 Å². The van der Waals surface area contributed by atoms with Crippen molar-refractivity contribution in [2.45, 2.75) is 32.4 Å². The molecule has 0 aliphatic carbocycles. The summed E-state index contributed by atoms with van der Waals surface area (Å²) in [6, 6.07) is 9.00. The molecule has 1 heterocycles. The normalized spacial score (nSPS) is 23.6. The molecule has 0 bridgehead atoms. The van der Waals surface area contributed by atoms with Crippen molar-refractivity contribution in [3.05, 3.63) is 29.8 Å². The summed E-state index contributed by atoms with van der Waals surface area (Å²) in [6.45, 7) is 7.24. The predicted molar refractivity (Wildman–Crippen MR) is 76.1 cm³/mol. The molecule has 1 N–H and O–H groups in total. The highest BCUT2D eigenvalue weighted by Crippen LogP contribution is 2.18. The first-order chi connectivity index (χ1) is 8.68. The molecule has 1 aromatic rings. The molecule has 3 nitrogen and oxygen atoms in total. The van der Waals surface area contributed by atoms with E-state index in [0.29, 0.717) is 12.1 Å². The Bertz CT molecular complexity index is 381. The first-order valence-corrected chi connectivity index (χ1v) is 6.80. The molecule has 1 aliphatic rings. The molecule has 1 fully saturated rings. The lowest BCUT2D eigenvalue weighted by Crippen LogP contribution is -2.39. The number of likely N-dealkylation sites (N-methyl/N-ethyl adjacent to an activating group) is 1. The van der Waals surface area contributed by atoms with E-state index in [0.717, 1.165) is 26.1 Å². The molecule has 1 aliphatic heterocycles. The fraction of sp³-hybridized carbons (Fsp3) is 0.600. The largest absolute Gasteiger partial charge is 0.384 e. The van der Waals surface area contributed by atoms with Crippen LogP contribution in [0.25, 0.3) is 0 Å². The van der Waals surface area contributed by atoms with Crippen LogP contribution in [0.5, 0.6) is 0 Å². The van der Waals surface area contributed by atoms with E-state index in [2.05, 4.69) is 55.4 Å². The minimum absolute atomic E-state index is 0.369. The van der Waals surface area contributed by atoms with Crippen molar-refractivity contribution in [3.63, 3.8) is 0 Å². The quantitative estimate of drug-likeness (QED) is 0.866. The van der Waals surface area contributed by atoms with Crippen molar-refractivity contribution in [3.8, 4) is 0 Å². The van der Waals surface area contributed by atoms with Crippen molar-refractivity contribution in [1.82, 2.24) is 4.90 Å². The maximum absolute atomic E-state index is 5.61. The predicted octanol–water partition coefficient (Wildman–Crippen LogP) is 2.52. The summed E-state index contributed by atoms with van der Waals surface area (Å²) < 4.78 is 5.61. The Kier molecular flexibility index (Phi) is 4.61. The first kappa shape index (κ1) is 13.4. The van der Waals surface area contributed by atoms with Gasteiger partial charge in [-0.05, 0) is 38.9 Å². The molecule has 0 aromatic heterocycles. The zero-order valence-corrected chi connectivity index (χ0v) is 11.6. The van der Waals surface area contributed by atoms with Crippen LogP contribution < -0.4 is 5.32 Å². The highest BCUT2D eigenvalue weighted by molar-refractivity contribution is 5.50. The van der Waals surface area contributed by atoms with Crippen LogP contribution >= 0.6 is 0 Å². The van der Waals surface area contributed by atoms with E-state index in [1.807, 2.05) is 0 Å². The molecule has 2 unspecified atom stereocenters. The van der Waals surface area contributed by atoms with E-state index in [9.17, 15) is 0 Å². The molecule has 0 radical (unpaired) electrons. The number of rotatable bonds is 5. The van der Waals surface area contributed by atoms with Gasteiger partial charge in [-0.25, -0.2) is 0 Å². The van der Waals surface area contributed by atoms with E-state index in [1.54, 1.807) is 0 Å². The van der Waals surface area contributed by atoms with Crippen molar-refractivity contribution in [2.75, 3.05) is 32.1 Å².